The number of halogens is 1. The van der Waals surface area contributed by atoms with Crippen LogP contribution >= 0.6 is 11.6 Å². The second kappa shape index (κ2) is 4.89. The van der Waals surface area contributed by atoms with Gasteiger partial charge < -0.3 is 10.0 Å². The number of para-hydroxylation sites is 1. The minimum Gasteiger partial charge on any atom is -0.393 e. The predicted octanol–water partition coefficient (Wildman–Crippen LogP) is 2.21. The molecular weight excluding hydrogens is 244 g/mol. The summed E-state index contributed by atoms with van der Waals surface area (Å²) in [5.74, 6) is 0. The Morgan fingerprint density at radius 2 is 2.06 bits per heavy atom. The molecular formula is C11H13ClN2O3. The molecule has 1 N–H and O–H groups in total. The van der Waals surface area contributed by atoms with Crippen molar-refractivity contribution in [2.45, 2.75) is 18.9 Å². The molecule has 92 valence electrons. The highest BCUT2D eigenvalue weighted by Gasteiger charge is 2.25. The van der Waals surface area contributed by atoms with E-state index in [0.717, 1.165) is 0 Å². The molecule has 1 aliphatic heterocycles. The molecule has 5 nitrogen and oxygen atoms in total. The van der Waals surface area contributed by atoms with E-state index in [-0.39, 0.29) is 16.8 Å². The third-order valence-corrected chi connectivity index (χ3v) is 3.26. The number of nitro groups is 1. The van der Waals surface area contributed by atoms with Crippen LogP contribution in [0, 0.1) is 10.1 Å². The Morgan fingerprint density at radius 3 is 2.65 bits per heavy atom. The summed E-state index contributed by atoms with van der Waals surface area (Å²) >= 11 is 5.85. The molecule has 1 heterocycles. The van der Waals surface area contributed by atoms with Crippen molar-refractivity contribution in [3.8, 4) is 0 Å². The summed E-state index contributed by atoms with van der Waals surface area (Å²) in [6.07, 6.45) is 0.956. The van der Waals surface area contributed by atoms with E-state index in [1.54, 1.807) is 12.1 Å². The average molecular weight is 257 g/mol. The van der Waals surface area contributed by atoms with Crippen LogP contribution in [-0.4, -0.2) is 29.2 Å². The van der Waals surface area contributed by atoms with E-state index >= 15 is 0 Å². The van der Waals surface area contributed by atoms with Crippen molar-refractivity contribution < 1.29 is 10.0 Å². The fourth-order valence-electron chi connectivity index (χ4n) is 2.05. The summed E-state index contributed by atoms with van der Waals surface area (Å²) in [5, 5.41) is 20.6. The van der Waals surface area contributed by atoms with Crippen LogP contribution in [0.15, 0.2) is 18.2 Å². The minimum atomic E-state index is -0.456. The maximum Gasteiger partial charge on any atom is 0.310 e. The number of rotatable bonds is 2. The fraction of sp³-hybridized carbons (Fsp3) is 0.455. The maximum atomic E-state index is 11.0. The van der Waals surface area contributed by atoms with Gasteiger partial charge >= 0.3 is 5.69 Å². The molecule has 2 rings (SSSR count). The highest BCUT2D eigenvalue weighted by atomic mass is 35.5. The largest absolute Gasteiger partial charge is 0.393 e. The van der Waals surface area contributed by atoms with Crippen LogP contribution in [0.1, 0.15) is 12.8 Å². The summed E-state index contributed by atoms with van der Waals surface area (Å²) in [5.41, 5.74) is 0.486. The summed E-state index contributed by atoms with van der Waals surface area (Å²) in [4.78, 5) is 12.4. The first-order valence-corrected chi connectivity index (χ1v) is 5.83. The number of aliphatic hydroxyl groups is 1. The van der Waals surface area contributed by atoms with E-state index in [1.807, 2.05) is 4.90 Å². The lowest BCUT2D eigenvalue weighted by Crippen LogP contribution is -2.36. The van der Waals surface area contributed by atoms with Crippen LogP contribution in [0.25, 0.3) is 0 Å². The quantitative estimate of drug-likeness (QED) is 0.651. The van der Waals surface area contributed by atoms with E-state index in [4.69, 9.17) is 11.6 Å². The van der Waals surface area contributed by atoms with Crippen molar-refractivity contribution in [2.75, 3.05) is 18.0 Å². The van der Waals surface area contributed by atoms with E-state index in [1.165, 1.54) is 6.07 Å². The van der Waals surface area contributed by atoms with Crippen LogP contribution in [0.2, 0.25) is 5.02 Å². The van der Waals surface area contributed by atoms with Crippen molar-refractivity contribution in [1.29, 1.82) is 0 Å². The van der Waals surface area contributed by atoms with Crippen LogP contribution in [0.5, 0.6) is 0 Å². The molecule has 0 atom stereocenters. The van der Waals surface area contributed by atoms with Gasteiger partial charge in [0.25, 0.3) is 0 Å². The van der Waals surface area contributed by atoms with E-state index in [0.29, 0.717) is 31.6 Å². The lowest BCUT2D eigenvalue weighted by molar-refractivity contribution is -0.384. The molecule has 1 saturated heterocycles. The summed E-state index contributed by atoms with van der Waals surface area (Å²) in [6.45, 7) is 1.23. The molecule has 0 spiro atoms. The SMILES string of the molecule is O=[N+]([O-])c1c(Cl)cccc1N1CCC(O)CC1. The fourth-order valence-corrected chi connectivity index (χ4v) is 2.29. The number of benzene rings is 1. The molecule has 0 radical (unpaired) electrons. The number of hydrogen-bond acceptors (Lipinski definition) is 4. The molecule has 1 fully saturated rings. The maximum absolute atomic E-state index is 11.0. The molecule has 0 saturated carbocycles. The first-order valence-electron chi connectivity index (χ1n) is 5.45. The van der Waals surface area contributed by atoms with E-state index in [2.05, 4.69) is 0 Å². The molecule has 17 heavy (non-hydrogen) atoms. The third-order valence-electron chi connectivity index (χ3n) is 2.95. The standard InChI is InChI=1S/C11H13ClN2O3/c12-9-2-1-3-10(11(9)14(16)17)13-6-4-8(15)5-7-13/h1-3,8,15H,4-7H2. The second-order valence-electron chi connectivity index (χ2n) is 4.08. The van der Waals surface area contributed by atoms with Gasteiger partial charge in [-0.05, 0) is 25.0 Å². The molecule has 1 aromatic rings. The van der Waals surface area contributed by atoms with Gasteiger partial charge in [0.15, 0.2) is 0 Å². The van der Waals surface area contributed by atoms with Gasteiger partial charge in [-0.25, -0.2) is 0 Å². The van der Waals surface area contributed by atoms with Crippen LogP contribution in [0.4, 0.5) is 11.4 Å². The Bertz CT molecular complexity index is 431. The molecule has 0 amide bonds. The van der Waals surface area contributed by atoms with E-state index < -0.39 is 4.92 Å². The zero-order valence-electron chi connectivity index (χ0n) is 9.17. The Labute approximate surface area is 104 Å². The molecule has 1 aromatic carbocycles. The lowest BCUT2D eigenvalue weighted by atomic mass is 10.1. The van der Waals surface area contributed by atoms with Crippen molar-refractivity contribution in [3.63, 3.8) is 0 Å². The normalized spacial score (nSPS) is 17.2. The first kappa shape index (κ1) is 12.1. The molecule has 6 heteroatoms. The monoisotopic (exact) mass is 256 g/mol. The van der Waals surface area contributed by atoms with E-state index in [9.17, 15) is 15.2 Å². The molecule has 0 bridgehead atoms. The topological polar surface area (TPSA) is 66.6 Å². The Kier molecular flexibility index (Phi) is 3.49. The zero-order chi connectivity index (χ0) is 12.4. The summed E-state index contributed by atoms with van der Waals surface area (Å²) in [7, 11) is 0. The molecule has 1 aliphatic rings. The highest BCUT2D eigenvalue weighted by Crippen LogP contribution is 2.36. The Balaban J connectivity index is 2.32. The lowest BCUT2D eigenvalue weighted by Gasteiger charge is -2.31. The highest BCUT2D eigenvalue weighted by molar-refractivity contribution is 6.33. The van der Waals surface area contributed by atoms with Crippen LogP contribution in [0.3, 0.4) is 0 Å². The van der Waals surface area contributed by atoms with Gasteiger partial charge in [0.05, 0.1) is 11.0 Å². The number of piperidine rings is 1. The van der Waals surface area contributed by atoms with Crippen molar-refractivity contribution in [1.82, 2.24) is 0 Å². The van der Waals surface area contributed by atoms with Crippen molar-refractivity contribution in [3.05, 3.63) is 33.3 Å². The number of nitro benzene ring substituents is 1. The second-order valence-corrected chi connectivity index (χ2v) is 4.49. The van der Waals surface area contributed by atoms with Crippen LogP contribution in [-0.2, 0) is 0 Å². The van der Waals surface area contributed by atoms with Gasteiger partial charge in [0.2, 0.25) is 0 Å². The van der Waals surface area contributed by atoms with Crippen molar-refractivity contribution >= 4 is 23.0 Å². The predicted molar refractivity (Wildman–Crippen MR) is 65.6 cm³/mol. The zero-order valence-corrected chi connectivity index (χ0v) is 9.93. The van der Waals surface area contributed by atoms with Crippen molar-refractivity contribution in [2.24, 2.45) is 0 Å². The van der Waals surface area contributed by atoms with Gasteiger partial charge in [-0.1, -0.05) is 17.7 Å². The third kappa shape index (κ3) is 2.50. The average Bonchev–Trinajstić information content (AvgIpc) is 2.29. The number of hydrogen-bond donors (Lipinski definition) is 1. The summed E-state index contributed by atoms with van der Waals surface area (Å²) < 4.78 is 0. The van der Waals surface area contributed by atoms with Crippen LogP contribution < -0.4 is 4.90 Å². The number of aliphatic hydroxyl groups excluding tert-OH is 1. The van der Waals surface area contributed by atoms with Gasteiger partial charge in [-0.15, -0.1) is 0 Å². The van der Waals surface area contributed by atoms with Gasteiger partial charge in [-0.3, -0.25) is 10.1 Å². The number of nitrogens with zero attached hydrogens (tertiary/aromatic N) is 2. The molecule has 0 unspecified atom stereocenters. The molecule has 0 aliphatic carbocycles. The minimum absolute atomic E-state index is 0.0504. The Hall–Kier alpha value is -1.33. The van der Waals surface area contributed by atoms with Gasteiger partial charge in [0.1, 0.15) is 10.7 Å². The van der Waals surface area contributed by atoms with Gasteiger partial charge in [-0.2, -0.15) is 0 Å². The Morgan fingerprint density at radius 1 is 1.41 bits per heavy atom. The smallest absolute Gasteiger partial charge is 0.310 e. The molecule has 0 aromatic heterocycles. The van der Waals surface area contributed by atoms with Gasteiger partial charge in [0, 0.05) is 13.1 Å². The number of anilines is 1. The first-order chi connectivity index (χ1) is 8.09. The summed E-state index contributed by atoms with van der Waals surface area (Å²) in [6, 6.07) is 4.92.